The third kappa shape index (κ3) is 2.49. The number of ether oxygens (including phenoxy) is 1. The summed E-state index contributed by atoms with van der Waals surface area (Å²) in [6.45, 7) is 3.62. The van der Waals surface area contributed by atoms with E-state index in [0.717, 1.165) is 32.0 Å². The molecule has 15 heavy (non-hydrogen) atoms. The number of hydrogen-bond acceptors (Lipinski definition) is 3. The van der Waals surface area contributed by atoms with Crippen LogP contribution in [0, 0.1) is 0 Å². The van der Waals surface area contributed by atoms with E-state index >= 15 is 0 Å². The lowest BCUT2D eigenvalue weighted by Crippen LogP contribution is -2.19. The summed E-state index contributed by atoms with van der Waals surface area (Å²) in [7, 11) is 4.11. The van der Waals surface area contributed by atoms with E-state index in [1.807, 2.05) is 0 Å². The van der Waals surface area contributed by atoms with Gasteiger partial charge in [0.05, 0.1) is 0 Å². The Kier molecular flexibility index (Phi) is 3.23. The molecule has 1 aliphatic rings. The van der Waals surface area contributed by atoms with E-state index in [-0.39, 0.29) is 0 Å². The Hall–Kier alpha value is -1.06. The summed E-state index contributed by atoms with van der Waals surface area (Å²) < 4.78 is 5.78. The Balaban J connectivity index is 2.00. The Morgan fingerprint density at radius 3 is 3.00 bits per heavy atom. The number of rotatable bonds is 4. The van der Waals surface area contributed by atoms with Crippen molar-refractivity contribution in [3.8, 4) is 5.75 Å². The van der Waals surface area contributed by atoms with E-state index < -0.39 is 0 Å². The first-order valence-corrected chi connectivity index (χ1v) is 5.36. The lowest BCUT2D eigenvalue weighted by molar-refractivity contribution is 0.259. The van der Waals surface area contributed by atoms with Crippen LogP contribution in [0.15, 0.2) is 18.2 Å². The van der Waals surface area contributed by atoms with Gasteiger partial charge in [0.15, 0.2) is 0 Å². The van der Waals surface area contributed by atoms with E-state index in [4.69, 9.17) is 4.74 Å². The highest BCUT2D eigenvalue weighted by molar-refractivity contribution is 5.42. The van der Waals surface area contributed by atoms with Crippen LogP contribution in [0.1, 0.15) is 11.1 Å². The fourth-order valence-electron chi connectivity index (χ4n) is 1.77. The molecule has 1 aromatic carbocycles. The largest absolute Gasteiger partial charge is 0.492 e. The van der Waals surface area contributed by atoms with Crippen LogP contribution in [-0.4, -0.2) is 32.1 Å². The van der Waals surface area contributed by atoms with Crippen LogP contribution < -0.4 is 10.1 Å². The average molecular weight is 206 g/mol. The molecule has 0 bridgehead atoms. The molecule has 0 spiro atoms. The number of fused-ring (bicyclic) bond motifs is 1. The topological polar surface area (TPSA) is 24.5 Å². The SMILES string of the molecule is CN(C)CCOc1cccc2c1CNC2. The predicted octanol–water partition coefficient (Wildman–Crippen LogP) is 1.23. The van der Waals surface area contributed by atoms with Gasteiger partial charge in [0, 0.05) is 25.2 Å². The van der Waals surface area contributed by atoms with Crippen LogP contribution >= 0.6 is 0 Å². The molecule has 0 radical (unpaired) electrons. The number of likely N-dealkylation sites (N-methyl/N-ethyl adjacent to an activating group) is 1. The van der Waals surface area contributed by atoms with Crippen LogP contribution in [0.4, 0.5) is 0 Å². The molecule has 0 unspecified atom stereocenters. The van der Waals surface area contributed by atoms with Crippen molar-refractivity contribution in [1.29, 1.82) is 0 Å². The maximum Gasteiger partial charge on any atom is 0.124 e. The number of nitrogens with one attached hydrogen (secondary N) is 1. The van der Waals surface area contributed by atoms with Crippen molar-refractivity contribution >= 4 is 0 Å². The van der Waals surface area contributed by atoms with Gasteiger partial charge in [0.25, 0.3) is 0 Å². The molecular weight excluding hydrogens is 188 g/mol. The minimum atomic E-state index is 0.753. The zero-order valence-electron chi connectivity index (χ0n) is 9.42. The van der Waals surface area contributed by atoms with Gasteiger partial charge in [0.2, 0.25) is 0 Å². The summed E-state index contributed by atoms with van der Waals surface area (Å²) in [6, 6.07) is 6.28. The predicted molar refractivity (Wildman–Crippen MR) is 61.0 cm³/mol. The molecule has 1 heterocycles. The van der Waals surface area contributed by atoms with E-state index in [0.29, 0.717) is 0 Å². The monoisotopic (exact) mass is 206 g/mol. The minimum absolute atomic E-state index is 0.753. The molecule has 3 nitrogen and oxygen atoms in total. The summed E-state index contributed by atoms with van der Waals surface area (Å²) >= 11 is 0. The van der Waals surface area contributed by atoms with Crippen molar-refractivity contribution in [2.75, 3.05) is 27.2 Å². The maximum absolute atomic E-state index is 5.78. The zero-order valence-corrected chi connectivity index (χ0v) is 9.42. The molecule has 82 valence electrons. The average Bonchev–Trinajstić information content (AvgIpc) is 2.65. The molecule has 0 saturated heterocycles. The summed E-state index contributed by atoms with van der Waals surface area (Å²) in [5.41, 5.74) is 2.70. The van der Waals surface area contributed by atoms with Gasteiger partial charge >= 0.3 is 0 Å². The molecule has 1 aromatic rings. The second-order valence-corrected chi connectivity index (χ2v) is 4.15. The first kappa shape index (κ1) is 10.5. The molecule has 0 fully saturated rings. The third-order valence-corrected chi connectivity index (χ3v) is 2.64. The van der Waals surface area contributed by atoms with Gasteiger partial charge in [-0.3, -0.25) is 0 Å². The van der Waals surface area contributed by atoms with Crippen molar-refractivity contribution in [3.63, 3.8) is 0 Å². The van der Waals surface area contributed by atoms with Gasteiger partial charge in [-0.05, 0) is 25.7 Å². The van der Waals surface area contributed by atoms with E-state index in [1.165, 1.54) is 11.1 Å². The Labute approximate surface area is 91.0 Å². The van der Waals surface area contributed by atoms with Crippen LogP contribution in [-0.2, 0) is 13.1 Å². The van der Waals surface area contributed by atoms with E-state index in [1.54, 1.807) is 0 Å². The van der Waals surface area contributed by atoms with Crippen molar-refractivity contribution in [2.45, 2.75) is 13.1 Å². The maximum atomic E-state index is 5.78. The first-order valence-electron chi connectivity index (χ1n) is 5.36. The van der Waals surface area contributed by atoms with Gasteiger partial charge < -0.3 is 15.0 Å². The normalized spacial score (nSPS) is 14.3. The molecule has 0 aliphatic carbocycles. The number of nitrogens with zero attached hydrogens (tertiary/aromatic N) is 1. The number of hydrogen-bond donors (Lipinski definition) is 1. The Morgan fingerprint density at radius 2 is 2.20 bits per heavy atom. The molecule has 0 amide bonds. The van der Waals surface area contributed by atoms with Gasteiger partial charge in [-0.1, -0.05) is 12.1 Å². The highest BCUT2D eigenvalue weighted by atomic mass is 16.5. The summed E-state index contributed by atoms with van der Waals surface area (Å²) in [5.74, 6) is 1.04. The molecule has 2 rings (SSSR count). The van der Waals surface area contributed by atoms with Crippen molar-refractivity contribution in [2.24, 2.45) is 0 Å². The molecule has 0 saturated carbocycles. The van der Waals surface area contributed by atoms with Crippen LogP contribution in [0.25, 0.3) is 0 Å². The molecule has 1 N–H and O–H groups in total. The molecule has 1 aliphatic heterocycles. The van der Waals surface area contributed by atoms with Gasteiger partial charge in [-0.15, -0.1) is 0 Å². The summed E-state index contributed by atoms with van der Waals surface area (Å²) in [6.07, 6.45) is 0. The fourth-order valence-corrected chi connectivity index (χ4v) is 1.77. The standard InChI is InChI=1S/C12H18N2O/c1-14(2)6-7-15-12-5-3-4-10-8-13-9-11(10)12/h3-5,13H,6-9H2,1-2H3. The van der Waals surface area contributed by atoms with E-state index in [2.05, 4.69) is 42.5 Å². The Bertz CT molecular complexity index is 336. The first-order chi connectivity index (χ1) is 7.27. The highest BCUT2D eigenvalue weighted by Gasteiger charge is 2.14. The summed E-state index contributed by atoms with van der Waals surface area (Å²) in [4.78, 5) is 2.13. The molecule has 3 heteroatoms. The second-order valence-electron chi connectivity index (χ2n) is 4.15. The van der Waals surface area contributed by atoms with Gasteiger partial charge in [0.1, 0.15) is 12.4 Å². The van der Waals surface area contributed by atoms with Crippen molar-refractivity contribution in [1.82, 2.24) is 10.2 Å². The molecule has 0 aromatic heterocycles. The highest BCUT2D eigenvalue weighted by Crippen LogP contribution is 2.25. The quantitative estimate of drug-likeness (QED) is 0.802. The van der Waals surface area contributed by atoms with Crippen LogP contribution in [0.5, 0.6) is 5.75 Å². The molecular formula is C12H18N2O. The van der Waals surface area contributed by atoms with Crippen LogP contribution in [0.2, 0.25) is 0 Å². The van der Waals surface area contributed by atoms with Crippen molar-refractivity contribution < 1.29 is 4.74 Å². The second kappa shape index (κ2) is 4.64. The minimum Gasteiger partial charge on any atom is -0.492 e. The number of benzene rings is 1. The van der Waals surface area contributed by atoms with Crippen molar-refractivity contribution in [3.05, 3.63) is 29.3 Å². The van der Waals surface area contributed by atoms with Gasteiger partial charge in [-0.2, -0.15) is 0 Å². The third-order valence-electron chi connectivity index (χ3n) is 2.64. The summed E-state index contributed by atoms with van der Waals surface area (Å²) in [5, 5.41) is 3.34. The smallest absolute Gasteiger partial charge is 0.124 e. The van der Waals surface area contributed by atoms with Gasteiger partial charge in [-0.25, -0.2) is 0 Å². The zero-order chi connectivity index (χ0) is 10.7. The van der Waals surface area contributed by atoms with E-state index in [9.17, 15) is 0 Å². The lowest BCUT2D eigenvalue weighted by Gasteiger charge is -2.13. The molecule has 0 atom stereocenters. The van der Waals surface area contributed by atoms with Crippen LogP contribution in [0.3, 0.4) is 0 Å². The lowest BCUT2D eigenvalue weighted by atomic mass is 10.1. The fraction of sp³-hybridized carbons (Fsp3) is 0.500. The Morgan fingerprint density at radius 1 is 1.33 bits per heavy atom.